The zero-order valence-corrected chi connectivity index (χ0v) is 16.2. The number of nitrogens with one attached hydrogen (secondary N) is 2. The van der Waals surface area contributed by atoms with Crippen molar-refractivity contribution in [2.24, 2.45) is 0 Å². The highest BCUT2D eigenvalue weighted by Gasteiger charge is 2.11. The summed E-state index contributed by atoms with van der Waals surface area (Å²) in [5.41, 5.74) is 3.79. The van der Waals surface area contributed by atoms with Gasteiger partial charge in [-0.2, -0.15) is 0 Å². The molecule has 7 nitrogen and oxygen atoms in total. The average Bonchev–Trinajstić information content (AvgIpc) is 2.70. The Kier molecular flexibility index (Phi) is 5.74. The Bertz CT molecular complexity index is 987. The number of carbonyl (C=O) groups is 1. The molecular formula is C21H22N4O3. The summed E-state index contributed by atoms with van der Waals surface area (Å²) in [6.45, 7) is 3.95. The van der Waals surface area contributed by atoms with Gasteiger partial charge in [0, 0.05) is 11.8 Å². The highest BCUT2D eigenvalue weighted by atomic mass is 16.5. The first kappa shape index (κ1) is 19.2. The summed E-state index contributed by atoms with van der Waals surface area (Å²) in [6.07, 6.45) is 2.92. The van der Waals surface area contributed by atoms with E-state index in [1.54, 1.807) is 32.4 Å². The average molecular weight is 378 g/mol. The number of nitrogens with zero attached hydrogens (tertiary/aromatic N) is 2. The van der Waals surface area contributed by atoms with Gasteiger partial charge in [-0.25, -0.2) is 9.97 Å². The van der Waals surface area contributed by atoms with E-state index in [1.165, 1.54) is 12.4 Å². The normalized spacial score (nSPS) is 10.3. The lowest BCUT2D eigenvalue weighted by Gasteiger charge is -2.12. The van der Waals surface area contributed by atoms with Crippen molar-refractivity contribution in [1.82, 2.24) is 9.97 Å². The van der Waals surface area contributed by atoms with Gasteiger partial charge in [0.05, 0.1) is 32.3 Å². The lowest BCUT2D eigenvalue weighted by Crippen LogP contribution is -2.15. The van der Waals surface area contributed by atoms with E-state index in [1.807, 2.05) is 32.0 Å². The first-order valence-electron chi connectivity index (χ1n) is 8.70. The van der Waals surface area contributed by atoms with Crippen LogP contribution in [0.1, 0.15) is 21.6 Å². The van der Waals surface area contributed by atoms with Crippen LogP contribution in [0.25, 0.3) is 0 Å². The first-order valence-corrected chi connectivity index (χ1v) is 8.70. The number of benzene rings is 2. The number of amides is 1. The number of carbonyl (C=O) groups excluding carboxylic acids is 1. The molecule has 144 valence electrons. The fourth-order valence-electron chi connectivity index (χ4n) is 2.70. The fraction of sp³-hybridized carbons (Fsp3) is 0.190. The number of rotatable bonds is 6. The largest absolute Gasteiger partial charge is 0.497 e. The van der Waals surface area contributed by atoms with Crippen molar-refractivity contribution >= 4 is 23.1 Å². The number of hydrogen-bond donors (Lipinski definition) is 2. The van der Waals surface area contributed by atoms with E-state index in [0.29, 0.717) is 23.0 Å². The SMILES string of the molecule is COc1ccc(OC)c(Nc2cnc(C(=O)Nc3ccc(C)cc3C)cn2)c1. The molecule has 0 atom stereocenters. The third kappa shape index (κ3) is 4.37. The third-order valence-electron chi connectivity index (χ3n) is 4.18. The highest BCUT2D eigenvalue weighted by Crippen LogP contribution is 2.30. The summed E-state index contributed by atoms with van der Waals surface area (Å²) in [4.78, 5) is 20.9. The van der Waals surface area contributed by atoms with Crippen LogP contribution in [-0.2, 0) is 0 Å². The zero-order valence-electron chi connectivity index (χ0n) is 16.2. The number of aromatic nitrogens is 2. The highest BCUT2D eigenvalue weighted by molar-refractivity contribution is 6.03. The Morgan fingerprint density at radius 2 is 1.75 bits per heavy atom. The van der Waals surface area contributed by atoms with Crippen molar-refractivity contribution in [2.75, 3.05) is 24.9 Å². The molecule has 28 heavy (non-hydrogen) atoms. The molecule has 1 amide bonds. The van der Waals surface area contributed by atoms with Crippen LogP contribution in [0.3, 0.4) is 0 Å². The Labute approximate surface area is 163 Å². The minimum absolute atomic E-state index is 0.225. The van der Waals surface area contributed by atoms with Crippen LogP contribution < -0.4 is 20.1 Å². The Morgan fingerprint density at radius 1 is 0.929 bits per heavy atom. The van der Waals surface area contributed by atoms with E-state index in [0.717, 1.165) is 16.8 Å². The smallest absolute Gasteiger partial charge is 0.275 e. The molecule has 0 fully saturated rings. The summed E-state index contributed by atoms with van der Waals surface area (Å²) >= 11 is 0. The van der Waals surface area contributed by atoms with E-state index >= 15 is 0 Å². The molecule has 0 aliphatic carbocycles. The van der Waals surface area contributed by atoms with Crippen LogP contribution in [0.2, 0.25) is 0 Å². The van der Waals surface area contributed by atoms with Gasteiger partial charge in [0.2, 0.25) is 0 Å². The van der Waals surface area contributed by atoms with E-state index in [4.69, 9.17) is 9.47 Å². The Hall–Kier alpha value is -3.61. The molecule has 3 rings (SSSR count). The Morgan fingerprint density at radius 3 is 2.39 bits per heavy atom. The fourth-order valence-corrected chi connectivity index (χ4v) is 2.70. The minimum Gasteiger partial charge on any atom is -0.497 e. The van der Waals surface area contributed by atoms with Crippen molar-refractivity contribution < 1.29 is 14.3 Å². The van der Waals surface area contributed by atoms with E-state index < -0.39 is 0 Å². The third-order valence-corrected chi connectivity index (χ3v) is 4.18. The van der Waals surface area contributed by atoms with Crippen LogP contribution in [0.15, 0.2) is 48.8 Å². The predicted molar refractivity (Wildman–Crippen MR) is 109 cm³/mol. The van der Waals surface area contributed by atoms with Crippen LogP contribution in [0, 0.1) is 13.8 Å². The molecule has 0 saturated heterocycles. The number of methoxy groups -OCH3 is 2. The molecule has 1 heterocycles. The molecule has 2 aromatic carbocycles. The van der Waals surface area contributed by atoms with Crippen LogP contribution in [0.5, 0.6) is 11.5 Å². The summed E-state index contributed by atoms with van der Waals surface area (Å²) in [7, 11) is 3.17. The lowest BCUT2D eigenvalue weighted by molar-refractivity contribution is 0.102. The number of aryl methyl sites for hydroxylation is 2. The molecule has 0 bridgehead atoms. The van der Waals surface area contributed by atoms with E-state index in [2.05, 4.69) is 20.6 Å². The number of anilines is 3. The second-order valence-electron chi connectivity index (χ2n) is 6.25. The van der Waals surface area contributed by atoms with Gasteiger partial charge in [-0.05, 0) is 37.6 Å². The standard InChI is InChI=1S/C21H22N4O3/c1-13-5-7-16(14(2)9-13)25-21(26)18-11-23-20(12-22-18)24-17-10-15(27-3)6-8-19(17)28-4/h5-12H,1-4H3,(H,23,24)(H,25,26). The predicted octanol–water partition coefficient (Wildman–Crippen LogP) is 4.11. The quantitative estimate of drug-likeness (QED) is 0.671. The summed E-state index contributed by atoms with van der Waals surface area (Å²) in [5.74, 6) is 1.49. The van der Waals surface area contributed by atoms with Crippen molar-refractivity contribution in [3.63, 3.8) is 0 Å². The van der Waals surface area contributed by atoms with Crippen LogP contribution >= 0.6 is 0 Å². The van der Waals surface area contributed by atoms with Crippen LogP contribution in [0.4, 0.5) is 17.2 Å². The molecule has 2 N–H and O–H groups in total. The van der Waals surface area contributed by atoms with Crippen molar-refractivity contribution in [3.8, 4) is 11.5 Å². The maximum atomic E-state index is 12.4. The van der Waals surface area contributed by atoms with Crippen molar-refractivity contribution in [3.05, 3.63) is 65.6 Å². The second kappa shape index (κ2) is 8.39. The summed E-state index contributed by atoms with van der Waals surface area (Å²) in [5, 5.41) is 5.98. The van der Waals surface area contributed by atoms with Gasteiger partial charge >= 0.3 is 0 Å². The molecule has 1 aromatic heterocycles. The van der Waals surface area contributed by atoms with Crippen LogP contribution in [-0.4, -0.2) is 30.1 Å². The van der Waals surface area contributed by atoms with Gasteiger partial charge in [0.25, 0.3) is 5.91 Å². The molecule has 7 heteroatoms. The molecule has 3 aromatic rings. The maximum absolute atomic E-state index is 12.4. The van der Waals surface area contributed by atoms with Gasteiger partial charge in [-0.1, -0.05) is 17.7 Å². The molecule has 0 unspecified atom stereocenters. The zero-order chi connectivity index (χ0) is 20.1. The lowest BCUT2D eigenvalue weighted by atomic mass is 10.1. The maximum Gasteiger partial charge on any atom is 0.275 e. The Balaban J connectivity index is 1.74. The first-order chi connectivity index (χ1) is 13.5. The monoisotopic (exact) mass is 378 g/mol. The van der Waals surface area contributed by atoms with Gasteiger partial charge in [0.1, 0.15) is 23.0 Å². The summed E-state index contributed by atoms with van der Waals surface area (Å²) < 4.78 is 10.6. The molecule has 0 radical (unpaired) electrons. The molecule has 0 aliphatic rings. The molecule has 0 saturated carbocycles. The molecular weight excluding hydrogens is 356 g/mol. The van der Waals surface area contributed by atoms with Gasteiger partial charge in [-0.15, -0.1) is 0 Å². The topological polar surface area (TPSA) is 85.4 Å². The number of ether oxygens (including phenoxy) is 2. The minimum atomic E-state index is -0.315. The molecule has 0 spiro atoms. The van der Waals surface area contributed by atoms with Gasteiger partial charge in [0.15, 0.2) is 0 Å². The van der Waals surface area contributed by atoms with E-state index in [-0.39, 0.29) is 11.6 Å². The summed E-state index contributed by atoms with van der Waals surface area (Å²) in [6, 6.07) is 11.2. The number of hydrogen-bond acceptors (Lipinski definition) is 6. The van der Waals surface area contributed by atoms with Crippen molar-refractivity contribution in [1.29, 1.82) is 0 Å². The van der Waals surface area contributed by atoms with E-state index in [9.17, 15) is 4.79 Å². The van der Waals surface area contributed by atoms with Gasteiger partial charge in [-0.3, -0.25) is 4.79 Å². The van der Waals surface area contributed by atoms with Crippen molar-refractivity contribution in [2.45, 2.75) is 13.8 Å². The molecule has 0 aliphatic heterocycles. The second-order valence-corrected chi connectivity index (χ2v) is 6.25. The van der Waals surface area contributed by atoms with Gasteiger partial charge < -0.3 is 20.1 Å².